The number of aromatic nitrogens is 3. The fourth-order valence-corrected chi connectivity index (χ4v) is 2.30. The van der Waals surface area contributed by atoms with Gasteiger partial charge in [-0.3, -0.25) is 4.79 Å². The van der Waals surface area contributed by atoms with E-state index in [1.165, 1.54) is 6.20 Å². The summed E-state index contributed by atoms with van der Waals surface area (Å²) in [6, 6.07) is 10.6. The molecule has 6 nitrogen and oxygen atoms in total. The Morgan fingerprint density at radius 1 is 1.32 bits per heavy atom. The first-order valence-corrected chi connectivity index (χ1v) is 6.93. The lowest BCUT2D eigenvalue weighted by atomic mass is 10.1. The van der Waals surface area contributed by atoms with Crippen LogP contribution >= 0.6 is 0 Å². The lowest BCUT2D eigenvalue weighted by Gasteiger charge is -2.16. The highest BCUT2D eigenvalue weighted by Gasteiger charge is 2.16. The van der Waals surface area contributed by atoms with E-state index in [-0.39, 0.29) is 12.5 Å². The van der Waals surface area contributed by atoms with E-state index in [1.807, 2.05) is 37.4 Å². The van der Waals surface area contributed by atoms with Gasteiger partial charge in [0.1, 0.15) is 5.52 Å². The number of fused-ring (bicyclic) bond motifs is 1. The van der Waals surface area contributed by atoms with Crippen LogP contribution in [-0.2, 0) is 7.05 Å². The number of aliphatic hydroxyl groups excluding tert-OH is 1. The highest BCUT2D eigenvalue weighted by atomic mass is 16.3. The van der Waals surface area contributed by atoms with Gasteiger partial charge in [-0.2, -0.15) is 0 Å². The molecule has 6 heteroatoms. The highest BCUT2D eigenvalue weighted by Crippen LogP contribution is 2.14. The molecule has 0 aliphatic heterocycles. The van der Waals surface area contributed by atoms with Crippen molar-refractivity contribution in [1.82, 2.24) is 19.9 Å². The summed E-state index contributed by atoms with van der Waals surface area (Å²) in [6.45, 7) is -0.172. The number of aryl methyl sites for hydroxylation is 1. The molecule has 2 N–H and O–H groups in total. The number of imidazole rings is 1. The first-order chi connectivity index (χ1) is 10.7. The number of carbonyl (C=O) groups excluding carboxylic acids is 1. The molecular weight excluding hydrogens is 280 g/mol. The third-order valence-corrected chi connectivity index (χ3v) is 3.50. The molecule has 1 unspecified atom stereocenters. The minimum atomic E-state index is -0.451. The molecule has 112 valence electrons. The molecule has 0 bridgehead atoms. The summed E-state index contributed by atoms with van der Waals surface area (Å²) in [6.07, 6.45) is 3.17. The van der Waals surface area contributed by atoms with E-state index in [9.17, 15) is 9.90 Å². The van der Waals surface area contributed by atoms with Crippen LogP contribution in [-0.4, -0.2) is 32.2 Å². The Morgan fingerprint density at radius 2 is 2.09 bits per heavy atom. The third-order valence-electron chi connectivity index (χ3n) is 3.50. The van der Waals surface area contributed by atoms with E-state index >= 15 is 0 Å². The molecule has 0 aliphatic carbocycles. The fraction of sp³-hybridized carbons (Fsp3) is 0.188. The van der Waals surface area contributed by atoms with Gasteiger partial charge in [0.25, 0.3) is 5.91 Å². The summed E-state index contributed by atoms with van der Waals surface area (Å²) in [5, 5.41) is 12.3. The molecular formula is C16H16N4O2. The monoisotopic (exact) mass is 296 g/mol. The van der Waals surface area contributed by atoms with E-state index in [0.29, 0.717) is 11.1 Å². The van der Waals surface area contributed by atoms with E-state index in [1.54, 1.807) is 17.0 Å². The van der Waals surface area contributed by atoms with Gasteiger partial charge in [-0.15, -0.1) is 0 Å². The van der Waals surface area contributed by atoms with Crippen molar-refractivity contribution in [2.24, 2.45) is 7.05 Å². The molecule has 0 radical (unpaired) electrons. The second kappa shape index (κ2) is 5.95. The minimum absolute atomic E-state index is 0.172. The van der Waals surface area contributed by atoms with E-state index in [4.69, 9.17) is 0 Å². The lowest BCUT2D eigenvalue weighted by Crippen LogP contribution is -2.30. The maximum atomic E-state index is 12.3. The zero-order valence-electron chi connectivity index (χ0n) is 12.1. The molecule has 0 saturated heterocycles. The maximum absolute atomic E-state index is 12.3. The van der Waals surface area contributed by atoms with Gasteiger partial charge < -0.3 is 15.0 Å². The average Bonchev–Trinajstić information content (AvgIpc) is 2.94. The van der Waals surface area contributed by atoms with Crippen LogP contribution in [0.25, 0.3) is 11.2 Å². The molecule has 1 aromatic carbocycles. The molecule has 0 spiro atoms. The van der Waals surface area contributed by atoms with Crippen LogP contribution in [0.4, 0.5) is 0 Å². The first-order valence-electron chi connectivity index (χ1n) is 6.93. The zero-order chi connectivity index (χ0) is 15.5. The topological polar surface area (TPSA) is 80.0 Å². The number of hydrogen-bond acceptors (Lipinski definition) is 4. The number of benzene rings is 1. The van der Waals surface area contributed by atoms with Crippen LogP contribution < -0.4 is 5.32 Å². The van der Waals surface area contributed by atoms with E-state index < -0.39 is 6.04 Å². The predicted octanol–water partition coefficient (Wildman–Crippen LogP) is 1.43. The highest BCUT2D eigenvalue weighted by molar-refractivity contribution is 5.96. The Kier molecular flexibility index (Phi) is 3.84. The Balaban J connectivity index is 1.82. The van der Waals surface area contributed by atoms with Crippen molar-refractivity contribution in [1.29, 1.82) is 0 Å². The second-order valence-corrected chi connectivity index (χ2v) is 5.04. The van der Waals surface area contributed by atoms with Gasteiger partial charge >= 0.3 is 0 Å². The summed E-state index contributed by atoms with van der Waals surface area (Å²) >= 11 is 0. The lowest BCUT2D eigenvalue weighted by molar-refractivity contribution is 0.0916. The smallest absolute Gasteiger partial charge is 0.253 e. The van der Waals surface area contributed by atoms with Gasteiger partial charge in [-0.25, -0.2) is 9.97 Å². The Labute approximate surface area is 127 Å². The Bertz CT molecular complexity index is 798. The standard InChI is InChI=1S/C16H16N4O2/c1-20-10-18-13-7-12(8-17-15(13)20)16(22)19-14(9-21)11-5-3-2-4-6-11/h2-8,10,14,21H,9H2,1H3,(H,19,22). The largest absolute Gasteiger partial charge is 0.394 e. The van der Waals surface area contributed by atoms with E-state index in [2.05, 4.69) is 15.3 Å². The Morgan fingerprint density at radius 3 is 2.82 bits per heavy atom. The SMILES string of the molecule is Cn1cnc2cc(C(=O)NC(CO)c3ccccc3)cnc21. The summed E-state index contributed by atoms with van der Waals surface area (Å²) in [7, 11) is 1.85. The van der Waals surface area contributed by atoms with Gasteiger partial charge in [0.15, 0.2) is 5.65 Å². The molecule has 22 heavy (non-hydrogen) atoms. The molecule has 0 fully saturated rings. The number of aliphatic hydroxyl groups is 1. The Hall–Kier alpha value is -2.73. The van der Waals surface area contributed by atoms with Gasteiger partial charge in [0.05, 0.1) is 24.5 Å². The van der Waals surface area contributed by atoms with Crippen molar-refractivity contribution < 1.29 is 9.90 Å². The van der Waals surface area contributed by atoms with Crippen molar-refractivity contribution in [3.05, 3.63) is 60.0 Å². The molecule has 0 aliphatic rings. The number of pyridine rings is 1. The van der Waals surface area contributed by atoms with Crippen LogP contribution in [0.15, 0.2) is 48.9 Å². The maximum Gasteiger partial charge on any atom is 0.253 e. The van der Waals surface area contributed by atoms with Gasteiger partial charge in [-0.05, 0) is 11.6 Å². The molecule has 2 heterocycles. The van der Waals surface area contributed by atoms with Gasteiger partial charge in [0, 0.05) is 13.2 Å². The molecule has 2 aromatic heterocycles. The fourth-order valence-electron chi connectivity index (χ4n) is 2.30. The number of carbonyl (C=O) groups is 1. The normalized spacial score (nSPS) is 12.3. The molecule has 1 atom stereocenters. The van der Waals surface area contributed by atoms with Crippen LogP contribution in [0.5, 0.6) is 0 Å². The first kappa shape index (κ1) is 14.2. The molecule has 0 saturated carbocycles. The number of hydrogen-bond donors (Lipinski definition) is 2. The summed E-state index contributed by atoms with van der Waals surface area (Å²) in [5.74, 6) is -0.289. The quantitative estimate of drug-likeness (QED) is 0.763. The number of nitrogens with zero attached hydrogens (tertiary/aromatic N) is 3. The molecule has 3 aromatic rings. The van der Waals surface area contributed by atoms with Crippen molar-refractivity contribution in [2.75, 3.05) is 6.61 Å². The van der Waals surface area contributed by atoms with Crippen LogP contribution in [0.2, 0.25) is 0 Å². The van der Waals surface area contributed by atoms with Crippen LogP contribution in [0, 0.1) is 0 Å². The zero-order valence-corrected chi connectivity index (χ0v) is 12.1. The second-order valence-electron chi connectivity index (χ2n) is 5.04. The van der Waals surface area contributed by atoms with Crippen molar-refractivity contribution in [3.63, 3.8) is 0 Å². The van der Waals surface area contributed by atoms with Crippen molar-refractivity contribution in [2.45, 2.75) is 6.04 Å². The minimum Gasteiger partial charge on any atom is -0.394 e. The summed E-state index contributed by atoms with van der Waals surface area (Å²) in [5.41, 5.74) is 2.65. The van der Waals surface area contributed by atoms with Crippen LogP contribution in [0.3, 0.4) is 0 Å². The average molecular weight is 296 g/mol. The molecule has 3 rings (SSSR count). The van der Waals surface area contributed by atoms with Crippen molar-refractivity contribution >= 4 is 17.1 Å². The van der Waals surface area contributed by atoms with Crippen LogP contribution in [0.1, 0.15) is 22.0 Å². The third kappa shape index (κ3) is 2.68. The summed E-state index contributed by atoms with van der Waals surface area (Å²) in [4.78, 5) is 20.8. The number of nitrogens with one attached hydrogen (secondary N) is 1. The van der Waals surface area contributed by atoms with Gasteiger partial charge in [-0.1, -0.05) is 30.3 Å². The van der Waals surface area contributed by atoms with Gasteiger partial charge in [0.2, 0.25) is 0 Å². The predicted molar refractivity (Wildman–Crippen MR) is 82.2 cm³/mol. The van der Waals surface area contributed by atoms with E-state index in [0.717, 1.165) is 11.2 Å². The summed E-state index contributed by atoms with van der Waals surface area (Å²) < 4.78 is 1.79. The van der Waals surface area contributed by atoms with Crippen molar-refractivity contribution in [3.8, 4) is 0 Å². The molecule has 1 amide bonds. The number of rotatable bonds is 4. The number of amides is 1.